The molecule has 0 saturated carbocycles. The summed E-state index contributed by atoms with van der Waals surface area (Å²) in [6, 6.07) is 51.3. The van der Waals surface area contributed by atoms with Crippen molar-refractivity contribution in [2.45, 2.75) is 0 Å². The molecule has 0 unspecified atom stereocenters. The predicted octanol–water partition coefficient (Wildman–Crippen LogP) is 10.0. The van der Waals surface area contributed by atoms with E-state index >= 15 is 0 Å². The van der Waals surface area contributed by atoms with Crippen LogP contribution in [0.3, 0.4) is 0 Å². The van der Waals surface area contributed by atoms with E-state index in [2.05, 4.69) is 143 Å². The molecule has 0 saturated heterocycles. The summed E-state index contributed by atoms with van der Waals surface area (Å²) in [5, 5.41) is 7.18. The maximum atomic E-state index is 5.34. The summed E-state index contributed by atoms with van der Waals surface area (Å²) in [5.74, 6) is 1.43. The number of benzene rings is 6. The van der Waals surface area contributed by atoms with E-state index in [1.807, 2.05) is 18.3 Å². The number of nitrogens with zero attached hydrogens (tertiary/aromatic N) is 5. The molecule has 0 aliphatic rings. The number of fused-ring (bicyclic) bond motifs is 8. The van der Waals surface area contributed by atoms with Crippen LogP contribution in [0.2, 0.25) is 0 Å². The van der Waals surface area contributed by atoms with Crippen LogP contribution in [0.4, 0.5) is 0 Å². The zero-order valence-corrected chi connectivity index (χ0v) is 24.7. The molecule has 10 rings (SSSR count). The van der Waals surface area contributed by atoms with Gasteiger partial charge in [0.2, 0.25) is 0 Å². The van der Waals surface area contributed by atoms with Gasteiger partial charge >= 0.3 is 0 Å². The molecule has 4 aromatic heterocycles. The van der Waals surface area contributed by atoms with Gasteiger partial charge in [-0.05, 0) is 65.4 Å². The largest absolute Gasteiger partial charge is 0.309 e. The van der Waals surface area contributed by atoms with Crippen molar-refractivity contribution >= 4 is 65.4 Å². The number of aromatic nitrogens is 5. The molecule has 6 aromatic carbocycles. The smallest absolute Gasteiger partial charge is 0.168 e. The fourth-order valence-electron chi connectivity index (χ4n) is 7.08. The number of hydrogen-bond donors (Lipinski definition) is 0. The second kappa shape index (κ2) is 9.58. The molecule has 5 nitrogen and oxygen atoms in total. The van der Waals surface area contributed by atoms with Crippen molar-refractivity contribution < 1.29 is 0 Å². The maximum Gasteiger partial charge on any atom is 0.168 e. The molecule has 0 bridgehead atoms. The first kappa shape index (κ1) is 25.0. The lowest BCUT2D eigenvalue weighted by molar-refractivity contribution is 1.06. The Morgan fingerprint density at radius 1 is 0.435 bits per heavy atom. The van der Waals surface area contributed by atoms with E-state index in [0.717, 1.165) is 44.7 Å². The number of para-hydroxylation sites is 3. The fraction of sp³-hybridized carbons (Fsp3) is 0. The zero-order valence-electron chi connectivity index (χ0n) is 24.7. The Kier molecular flexibility index (Phi) is 5.22. The van der Waals surface area contributed by atoms with E-state index < -0.39 is 0 Å². The van der Waals surface area contributed by atoms with Crippen LogP contribution in [0, 0.1) is 0 Å². The fourth-order valence-corrected chi connectivity index (χ4v) is 7.08. The molecule has 0 aliphatic heterocycles. The van der Waals surface area contributed by atoms with Gasteiger partial charge in [0.1, 0.15) is 5.52 Å². The molecule has 5 heteroatoms. The van der Waals surface area contributed by atoms with Crippen LogP contribution in [0.5, 0.6) is 0 Å². The normalized spacial score (nSPS) is 11.9. The second-order valence-corrected chi connectivity index (χ2v) is 11.7. The summed E-state index contributed by atoms with van der Waals surface area (Å²) in [5.41, 5.74) is 8.10. The third-order valence-electron chi connectivity index (χ3n) is 9.13. The minimum Gasteiger partial charge on any atom is -0.309 e. The van der Waals surface area contributed by atoms with Gasteiger partial charge in [-0.3, -0.25) is 9.55 Å². The van der Waals surface area contributed by atoms with Gasteiger partial charge in [0, 0.05) is 39.0 Å². The molecule has 4 heterocycles. The monoisotopic (exact) mass is 587 g/mol. The number of pyridine rings is 1. The van der Waals surface area contributed by atoms with Crippen molar-refractivity contribution in [2.75, 3.05) is 0 Å². The maximum absolute atomic E-state index is 5.34. The van der Waals surface area contributed by atoms with E-state index in [1.54, 1.807) is 0 Å². The third-order valence-corrected chi connectivity index (χ3v) is 9.13. The van der Waals surface area contributed by atoms with E-state index in [1.165, 1.54) is 37.8 Å². The van der Waals surface area contributed by atoms with Crippen LogP contribution >= 0.6 is 0 Å². The highest BCUT2D eigenvalue weighted by Gasteiger charge is 2.20. The molecule has 0 N–H and O–H groups in total. The van der Waals surface area contributed by atoms with Gasteiger partial charge in [-0.25, -0.2) is 9.97 Å². The lowest BCUT2D eigenvalue weighted by atomic mass is 10.1. The molecular formula is C41H25N5. The van der Waals surface area contributed by atoms with Crippen molar-refractivity contribution in [3.05, 3.63) is 152 Å². The van der Waals surface area contributed by atoms with Crippen molar-refractivity contribution in [3.8, 4) is 22.9 Å². The number of rotatable bonds is 3. The molecule has 214 valence electrons. The van der Waals surface area contributed by atoms with Crippen molar-refractivity contribution in [1.82, 2.24) is 24.1 Å². The topological polar surface area (TPSA) is 48.5 Å². The SMILES string of the molecule is c1ccc(-n2c3ccccc3c3ccc(-c4nc(-n5c6ccccc6c6cc7ccccc7cc65)c5ncccc5n4)cc32)cc1. The van der Waals surface area contributed by atoms with Gasteiger partial charge in [-0.1, -0.05) is 91.0 Å². The Labute approximate surface area is 263 Å². The minimum absolute atomic E-state index is 0.661. The molecule has 0 spiro atoms. The Bertz CT molecular complexity index is 2810. The minimum atomic E-state index is 0.661. The van der Waals surface area contributed by atoms with E-state index in [4.69, 9.17) is 15.0 Å². The lowest BCUT2D eigenvalue weighted by Gasteiger charge is -2.13. The summed E-state index contributed by atoms with van der Waals surface area (Å²) in [7, 11) is 0. The van der Waals surface area contributed by atoms with Crippen LogP contribution in [0.25, 0.3) is 88.3 Å². The third kappa shape index (κ3) is 3.60. The summed E-state index contributed by atoms with van der Waals surface area (Å²) in [4.78, 5) is 15.3. The average Bonchev–Trinajstić information content (AvgIpc) is 3.62. The summed E-state index contributed by atoms with van der Waals surface area (Å²) in [6.45, 7) is 0. The zero-order chi connectivity index (χ0) is 30.2. The first-order valence-electron chi connectivity index (χ1n) is 15.5. The summed E-state index contributed by atoms with van der Waals surface area (Å²) < 4.78 is 4.59. The highest BCUT2D eigenvalue weighted by atomic mass is 15.1. The molecule has 0 amide bonds. The van der Waals surface area contributed by atoms with Gasteiger partial charge in [-0.2, -0.15) is 0 Å². The Hall–Kier alpha value is -6.33. The van der Waals surface area contributed by atoms with Gasteiger partial charge in [0.05, 0.1) is 27.6 Å². The van der Waals surface area contributed by atoms with Gasteiger partial charge in [-0.15, -0.1) is 0 Å². The van der Waals surface area contributed by atoms with E-state index in [-0.39, 0.29) is 0 Å². The molecule has 0 fully saturated rings. The van der Waals surface area contributed by atoms with Crippen molar-refractivity contribution in [1.29, 1.82) is 0 Å². The first-order chi connectivity index (χ1) is 22.8. The lowest BCUT2D eigenvalue weighted by Crippen LogP contribution is -2.04. The molecule has 46 heavy (non-hydrogen) atoms. The molecule has 0 aliphatic carbocycles. The van der Waals surface area contributed by atoms with Crippen molar-refractivity contribution in [2.24, 2.45) is 0 Å². The summed E-state index contributed by atoms with van der Waals surface area (Å²) >= 11 is 0. The summed E-state index contributed by atoms with van der Waals surface area (Å²) in [6.07, 6.45) is 1.82. The van der Waals surface area contributed by atoms with Crippen LogP contribution in [0.15, 0.2) is 152 Å². The Balaban J connectivity index is 1.28. The van der Waals surface area contributed by atoms with E-state index in [0.29, 0.717) is 5.82 Å². The van der Waals surface area contributed by atoms with Gasteiger partial charge in [0.15, 0.2) is 11.6 Å². The Morgan fingerprint density at radius 2 is 1.09 bits per heavy atom. The number of hydrogen-bond acceptors (Lipinski definition) is 3. The van der Waals surface area contributed by atoms with Crippen LogP contribution in [0.1, 0.15) is 0 Å². The highest BCUT2D eigenvalue weighted by Crippen LogP contribution is 2.38. The molecular weight excluding hydrogens is 562 g/mol. The Morgan fingerprint density at radius 3 is 1.91 bits per heavy atom. The standard InChI is InChI=1S/C41H25N5/c1-2-13-29(14-3-1)45-35-18-8-6-15-30(35)32-21-20-28(25-37(32)45)40-43-34-17-10-22-42-39(34)41(44-40)46-36-19-9-7-16-31(36)33-23-26-11-4-5-12-27(26)24-38(33)46/h1-25H. The van der Waals surface area contributed by atoms with Gasteiger partial charge in [0.25, 0.3) is 0 Å². The molecule has 10 aromatic rings. The first-order valence-corrected chi connectivity index (χ1v) is 15.5. The molecule has 0 radical (unpaired) electrons. The van der Waals surface area contributed by atoms with Crippen LogP contribution in [-0.4, -0.2) is 24.1 Å². The quantitative estimate of drug-likeness (QED) is 0.207. The van der Waals surface area contributed by atoms with E-state index in [9.17, 15) is 0 Å². The average molecular weight is 588 g/mol. The highest BCUT2D eigenvalue weighted by molar-refractivity contribution is 6.14. The van der Waals surface area contributed by atoms with Crippen LogP contribution < -0.4 is 0 Å². The van der Waals surface area contributed by atoms with Gasteiger partial charge < -0.3 is 4.57 Å². The van der Waals surface area contributed by atoms with Crippen molar-refractivity contribution in [3.63, 3.8) is 0 Å². The predicted molar refractivity (Wildman–Crippen MR) is 189 cm³/mol. The molecule has 0 atom stereocenters. The second-order valence-electron chi connectivity index (χ2n) is 11.7. The van der Waals surface area contributed by atoms with Crippen LogP contribution in [-0.2, 0) is 0 Å².